The van der Waals surface area contributed by atoms with Crippen LogP contribution in [0.2, 0.25) is 0 Å². The number of rotatable bonds is 1. The first kappa shape index (κ1) is 14.2. The monoisotopic (exact) mass is 335 g/mol. The Hall–Kier alpha value is -0.840. The van der Waals surface area contributed by atoms with Crippen molar-refractivity contribution in [1.82, 2.24) is 4.98 Å². The van der Waals surface area contributed by atoms with Crippen molar-refractivity contribution < 1.29 is 9.59 Å². The number of nitrogens with one attached hydrogen (secondary N) is 1. The van der Waals surface area contributed by atoms with Crippen molar-refractivity contribution in [3.05, 3.63) is 34.4 Å². The zero-order valence-corrected chi connectivity index (χ0v) is 11.9. The highest BCUT2D eigenvalue weighted by Gasteiger charge is 2.02. The minimum Gasteiger partial charge on any atom is -0.360 e. The third kappa shape index (κ3) is 3.84. The average molecular weight is 337 g/mol. The van der Waals surface area contributed by atoms with E-state index in [-0.39, 0.29) is 0 Å². The van der Waals surface area contributed by atoms with Crippen LogP contribution in [0.15, 0.2) is 28.9 Å². The van der Waals surface area contributed by atoms with Gasteiger partial charge in [-0.15, -0.1) is 0 Å². The standard InChI is InChI=1S/C9H8BrN.C2Cl2O2/c1-6-2-3-8(10)9-7(6)4-5-11-9;3-1(5)2(4)6/h2-5,11H,1H3;. The molecular formula is C11H8BrCl2NO2. The first-order chi connectivity index (χ1) is 7.93. The number of hydrogen-bond donors (Lipinski definition) is 1. The second-order valence-electron chi connectivity index (χ2n) is 3.18. The topological polar surface area (TPSA) is 49.9 Å². The maximum absolute atomic E-state index is 9.43. The van der Waals surface area contributed by atoms with Crippen molar-refractivity contribution in [1.29, 1.82) is 0 Å². The molecule has 0 radical (unpaired) electrons. The first-order valence-corrected chi connectivity index (χ1v) is 6.10. The molecule has 2 rings (SSSR count). The van der Waals surface area contributed by atoms with Crippen LogP contribution in [0.25, 0.3) is 10.9 Å². The van der Waals surface area contributed by atoms with Crippen LogP contribution < -0.4 is 0 Å². The number of carbonyl (C=O) groups is 2. The van der Waals surface area contributed by atoms with Crippen LogP contribution in [-0.2, 0) is 9.59 Å². The van der Waals surface area contributed by atoms with E-state index in [1.807, 2.05) is 6.20 Å². The molecule has 0 aliphatic heterocycles. The molecule has 0 unspecified atom stereocenters. The van der Waals surface area contributed by atoms with Crippen LogP contribution in [0.1, 0.15) is 5.56 Å². The molecular weight excluding hydrogens is 329 g/mol. The highest BCUT2D eigenvalue weighted by atomic mass is 79.9. The lowest BCUT2D eigenvalue weighted by Gasteiger charge is -1.96. The fourth-order valence-corrected chi connectivity index (χ4v) is 1.73. The fourth-order valence-electron chi connectivity index (χ4n) is 1.27. The predicted molar refractivity (Wildman–Crippen MR) is 72.5 cm³/mol. The number of fused-ring (bicyclic) bond motifs is 1. The summed E-state index contributed by atoms with van der Waals surface area (Å²) in [6.07, 6.45) is 1.96. The Morgan fingerprint density at radius 2 is 1.76 bits per heavy atom. The van der Waals surface area contributed by atoms with Gasteiger partial charge in [0.25, 0.3) is 0 Å². The second-order valence-corrected chi connectivity index (χ2v) is 4.72. The number of H-pyrrole nitrogens is 1. The zero-order chi connectivity index (χ0) is 13.0. The van der Waals surface area contributed by atoms with E-state index in [9.17, 15) is 9.59 Å². The van der Waals surface area contributed by atoms with Crippen molar-refractivity contribution in [3.63, 3.8) is 0 Å². The van der Waals surface area contributed by atoms with Gasteiger partial charge in [0.05, 0.1) is 5.52 Å². The van der Waals surface area contributed by atoms with E-state index in [1.165, 1.54) is 16.5 Å². The lowest BCUT2D eigenvalue weighted by Crippen LogP contribution is -1.94. The van der Waals surface area contributed by atoms with Gasteiger partial charge >= 0.3 is 10.5 Å². The van der Waals surface area contributed by atoms with Crippen LogP contribution in [-0.4, -0.2) is 15.5 Å². The lowest BCUT2D eigenvalue weighted by molar-refractivity contribution is -0.127. The van der Waals surface area contributed by atoms with Gasteiger partial charge in [0.1, 0.15) is 0 Å². The zero-order valence-electron chi connectivity index (χ0n) is 8.76. The third-order valence-electron chi connectivity index (χ3n) is 2.04. The Morgan fingerprint density at radius 3 is 2.24 bits per heavy atom. The Morgan fingerprint density at radius 1 is 1.18 bits per heavy atom. The molecule has 6 heteroatoms. The largest absolute Gasteiger partial charge is 0.360 e. The van der Waals surface area contributed by atoms with Crippen molar-refractivity contribution >= 4 is 60.5 Å². The quantitative estimate of drug-likeness (QED) is 0.636. The number of halogens is 3. The molecule has 1 aromatic heterocycles. The molecule has 2 aromatic rings. The number of hydrogen-bond acceptors (Lipinski definition) is 2. The van der Waals surface area contributed by atoms with Gasteiger partial charge in [0, 0.05) is 16.1 Å². The highest BCUT2D eigenvalue weighted by molar-refractivity contribution is 9.10. The van der Waals surface area contributed by atoms with E-state index in [4.69, 9.17) is 0 Å². The summed E-state index contributed by atoms with van der Waals surface area (Å²) in [6, 6.07) is 6.27. The van der Waals surface area contributed by atoms with Gasteiger partial charge in [-0.2, -0.15) is 0 Å². The summed E-state index contributed by atoms with van der Waals surface area (Å²) in [4.78, 5) is 22.0. The molecule has 0 spiro atoms. The normalized spacial score (nSPS) is 9.65. The molecule has 0 atom stereocenters. The van der Waals surface area contributed by atoms with Gasteiger partial charge in [-0.05, 0) is 63.8 Å². The fraction of sp³-hybridized carbons (Fsp3) is 0.0909. The summed E-state index contributed by atoms with van der Waals surface area (Å²) < 4.78 is 1.13. The Kier molecular flexibility index (Phi) is 5.18. The molecule has 0 aliphatic carbocycles. The molecule has 1 aromatic carbocycles. The first-order valence-electron chi connectivity index (χ1n) is 4.55. The summed E-state index contributed by atoms with van der Waals surface area (Å²) >= 11 is 12.5. The summed E-state index contributed by atoms with van der Waals surface area (Å²) in [7, 11) is 0. The van der Waals surface area contributed by atoms with E-state index in [0.717, 1.165) is 4.47 Å². The van der Waals surface area contributed by atoms with Crippen LogP contribution in [0, 0.1) is 6.92 Å². The van der Waals surface area contributed by atoms with E-state index in [0.29, 0.717) is 0 Å². The average Bonchev–Trinajstić information content (AvgIpc) is 2.74. The second kappa shape index (κ2) is 6.19. The minimum absolute atomic E-state index is 1.13. The number of aromatic nitrogens is 1. The smallest absolute Gasteiger partial charge is 0.304 e. The molecule has 0 saturated heterocycles. The lowest BCUT2D eigenvalue weighted by atomic mass is 10.1. The Labute approximate surface area is 116 Å². The van der Waals surface area contributed by atoms with Gasteiger partial charge < -0.3 is 4.98 Å². The summed E-state index contributed by atoms with van der Waals surface area (Å²) in [6.45, 7) is 2.11. The number of carbonyl (C=O) groups excluding carboxylic acids is 2. The van der Waals surface area contributed by atoms with E-state index < -0.39 is 10.5 Å². The SMILES string of the molecule is Cc1ccc(Br)c2[nH]ccc12.O=C(Cl)C(=O)Cl. The molecule has 0 amide bonds. The summed E-state index contributed by atoms with van der Waals surface area (Å²) in [5, 5.41) is -0.993. The molecule has 1 N–H and O–H groups in total. The van der Waals surface area contributed by atoms with Gasteiger partial charge in [0.15, 0.2) is 0 Å². The molecule has 0 fully saturated rings. The van der Waals surface area contributed by atoms with Gasteiger partial charge in [-0.25, -0.2) is 0 Å². The predicted octanol–water partition coefficient (Wildman–Crippen LogP) is 3.76. The molecule has 0 saturated carbocycles. The maximum Gasteiger partial charge on any atom is 0.304 e. The summed E-state index contributed by atoms with van der Waals surface area (Å²) in [5.74, 6) is 0. The number of benzene rings is 1. The molecule has 1 heterocycles. The molecule has 0 bridgehead atoms. The van der Waals surface area contributed by atoms with Crippen LogP contribution in [0.4, 0.5) is 0 Å². The van der Waals surface area contributed by atoms with Gasteiger partial charge in [0.2, 0.25) is 0 Å². The maximum atomic E-state index is 9.43. The van der Waals surface area contributed by atoms with Crippen LogP contribution >= 0.6 is 39.1 Å². The van der Waals surface area contributed by atoms with Crippen molar-refractivity contribution in [2.45, 2.75) is 6.92 Å². The van der Waals surface area contributed by atoms with Crippen molar-refractivity contribution in [2.75, 3.05) is 0 Å². The Bertz CT molecular complexity index is 518. The molecule has 0 aliphatic rings. The van der Waals surface area contributed by atoms with E-state index in [2.05, 4.69) is 69.2 Å². The third-order valence-corrected chi connectivity index (χ3v) is 3.15. The van der Waals surface area contributed by atoms with Crippen molar-refractivity contribution in [2.24, 2.45) is 0 Å². The van der Waals surface area contributed by atoms with Crippen LogP contribution in [0.5, 0.6) is 0 Å². The van der Waals surface area contributed by atoms with E-state index >= 15 is 0 Å². The highest BCUT2D eigenvalue weighted by Crippen LogP contribution is 2.24. The van der Waals surface area contributed by atoms with Gasteiger partial charge in [-0.1, -0.05) is 6.07 Å². The Balaban J connectivity index is 0.000000209. The van der Waals surface area contributed by atoms with Gasteiger partial charge in [-0.3, -0.25) is 9.59 Å². The van der Waals surface area contributed by atoms with Crippen molar-refractivity contribution in [3.8, 4) is 0 Å². The number of aromatic amines is 1. The summed E-state index contributed by atoms with van der Waals surface area (Å²) in [5.41, 5.74) is 2.49. The van der Waals surface area contributed by atoms with E-state index in [1.54, 1.807) is 0 Å². The minimum atomic E-state index is -1.14. The van der Waals surface area contributed by atoms with Crippen LogP contribution in [0.3, 0.4) is 0 Å². The molecule has 3 nitrogen and oxygen atoms in total. The molecule has 90 valence electrons. The molecule has 17 heavy (non-hydrogen) atoms. The number of aryl methyl sites for hydroxylation is 1.